The predicted molar refractivity (Wildman–Crippen MR) is 55.7 cm³/mol. The van der Waals surface area contributed by atoms with Gasteiger partial charge in [0.1, 0.15) is 0 Å². The second kappa shape index (κ2) is 5.05. The second-order valence-corrected chi connectivity index (χ2v) is 3.78. The van der Waals surface area contributed by atoms with Gasteiger partial charge in [0.25, 0.3) is 0 Å². The first-order valence-electron chi connectivity index (χ1n) is 5.26. The fourth-order valence-corrected chi connectivity index (χ4v) is 1.73. The summed E-state index contributed by atoms with van der Waals surface area (Å²) >= 11 is 0. The minimum atomic E-state index is 0.768. The highest BCUT2D eigenvalue weighted by atomic mass is 15.0. The summed E-state index contributed by atoms with van der Waals surface area (Å²) in [5, 5.41) is 0. The Bertz CT molecular complexity index is 240. The Hall–Kier alpha value is -0.790. The first-order chi connectivity index (χ1) is 6.27. The first kappa shape index (κ1) is 10.3. The van der Waals surface area contributed by atoms with Crippen molar-refractivity contribution >= 4 is 0 Å². The van der Waals surface area contributed by atoms with E-state index in [-0.39, 0.29) is 0 Å². The van der Waals surface area contributed by atoms with E-state index in [2.05, 4.69) is 30.3 Å². The van der Waals surface area contributed by atoms with E-state index in [4.69, 9.17) is 0 Å². The van der Waals surface area contributed by atoms with Crippen molar-refractivity contribution in [2.24, 2.45) is 5.92 Å². The molecule has 74 valence electrons. The molecule has 0 aliphatic heterocycles. The van der Waals surface area contributed by atoms with E-state index in [1.165, 1.54) is 18.5 Å². The largest absolute Gasteiger partial charge is 0.334 e. The van der Waals surface area contributed by atoms with Gasteiger partial charge in [0.2, 0.25) is 0 Å². The molecule has 0 aliphatic carbocycles. The molecule has 1 heterocycles. The Balaban J connectivity index is 2.52. The van der Waals surface area contributed by atoms with Crippen molar-refractivity contribution in [3.8, 4) is 0 Å². The lowest BCUT2D eigenvalue weighted by Gasteiger charge is -2.12. The van der Waals surface area contributed by atoms with Crippen molar-refractivity contribution in [2.75, 3.05) is 0 Å². The third-order valence-corrected chi connectivity index (χ3v) is 2.45. The third kappa shape index (κ3) is 2.87. The van der Waals surface area contributed by atoms with Crippen LogP contribution < -0.4 is 0 Å². The van der Waals surface area contributed by atoms with E-state index >= 15 is 0 Å². The molecule has 0 radical (unpaired) electrons. The highest BCUT2D eigenvalue weighted by Crippen LogP contribution is 2.10. The second-order valence-electron chi connectivity index (χ2n) is 3.78. The summed E-state index contributed by atoms with van der Waals surface area (Å²) in [6.07, 6.45) is 7.58. The maximum atomic E-state index is 4.17. The van der Waals surface area contributed by atoms with Crippen LogP contribution in [-0.2, 0) is 13.0 Å². The molecule has 2 heteroatoms. The average Bonchev–Trinajstić information content (AvgIpc) is 2.52. The summed E-state index contributed by atoms with van der Waals surface area (Å²) in [7, 11) is 0. The topological polar surface area (TPSA) is 17.8 Å². The van der Waals surface area contributed by atoms with Gasteiger partial charge in [-0.2, -0.15) is 0 Å². The van der Waals surface area contributed by atoms with Crippen molar-refractivity contribution in [1.29, 1.82) is 0 Å². The predicted octanol–water partition coefficient (Wildman–Crippen LogP) is 2.88. The molecule has 1 unspecified atom stereocenters. The highest BCUT2D eigenvalue weighted by molar-refractivity contribution is 4.97. The van der Waals surface area contributed by atoms with Gasteiger partial charge in [-0.3, -0.25) is 0 Å². The van der Waals surface area contributed by atoms with E-state index in [0.29, 0.717) is 0 Å². The third-order valence-electron chi connectivity index (χ3n) is 2.45. The van der Waals surface area contributed by atoms with Crippen molar-refractivity contribution in [3.63, 3.8) is 0 Å². The lowest BCUT2D eigenvalue weighted by atomic mass is 10.1. The Morgan fingerprint density at radius 2 is 2.23 bits per heavy atom. The maximum Gasteiger partial charge on any atom is 0.0948 e. The summed E-state index contributed by atoms with van der Waals surface area (Å²) in [6.45, 7) is 7.85. The van der Waals surface area contributed by atoms with Gasteiger partial charge in [0.15, 0.2) is 0 Å². The molecule has 0 fully saturated rings. The molecule has 0 bridgehead atoms. The zero-order valence-corrected chi connectivity index (χ0v) is 8.95. The van der Waals surface area contributed by atoms with Gasteiger partial charge in [-0.15, -0.1) is 0 Å². The van der Waals surface area contributed by atoms with E-state index in [0.717, 1.165) is 18.9 Å². The van der Waals surface area contributed by atoms with Crippen LogP contribution in [0.1, 0.15) is 39.3 Å². The van der Waals surface area contributed by atoms with Crippen molar-refractivity contribution in [1.82, 2.24) is 9.55 Å². The number of hydrogen-bond acceptors (Lipinski definition) is 1. The van der Waals surface area contributed by atoms with Crippen LogP contribution in [0.15, 0.2) is 12.5 Å². The molecule has 0 aromatic carbocycles. The number of aromatic nitrogens is 2. The molecule has 0 saturated heterocycles. The van der Waals surface area contributed by atoms with Crippen molar-refractivity contribution < 1.29 is 0 Å². The van der Waals surface area contributed by atoms with Crippen LogP contribution in [0.25, 0.3) is 0 Å². The molecule has 2 nitrogen and oxygen atoms in total. The van der Waals surface area contributed by atoms with E-state index < -0.39 is 0 Å². The summed E-state index contributed by atoms with van der Waals surface area (Å²) in [6, 6.07) is 0. The van der Waals surface area contributed by atoms with Crippen LogP contribution >= 0.6 is 0 Å². The van der Waals surface area contributed by atoms with Gasteiger partial charge in [-0.05, 0) is 18.8 Å². The number of imidazole rings is 1. The van der Waals surface area contributed by atoms with Crippen LogP contribution in [0.4, 0.5) is 0 Å². The molecular weight excluding hydrogens is 160 g/mol. The Kier molecular flexibility index (Phi) is 4.00. The van der Waals surface area contributed by atoms with Crippen LogP contribution in [-0.4, -0.2) is 9.55 Å². The summed E-state index contributed by atoms with van der Waals surface area (Å²) in [4.78, 5) is 4.17. The van der Waals surface area contributed by atoms with Crippen LogP contribution in [0, 0.1) is 5.92 Å². The van der Waals surface area contributed by atoms with Crippen molar-refractivity contribution in [3.05, 3.63) is 18.2 Å². The number of nitrogens with zero attached hydrogens (tertiary/aromatic N) is 2. The lowest BCUT2D eigenvalue weighted by molar-refractivity contribution is 0.439. The number of hydrogen-bond donors (Lipinski definition) is 0. The van der Waals surface area contributed by atoms with Crippen LogP contribution in [0.2, 0.25) is 0 Å². The molecule has 1 atom stereocenters. The van der Waals surface area contributed by atoms with Gasteiger partial charge in [0, 0.05) is 18.4 Å². The number of aryl methyl sites for hydroxylation is 1. The smallest absolute Gasteiger partial charge is 0.0948 e. The monoisotopic (exact) mass is 180 g/mol. The molecule has 0 saturated carbocycles. The normalized spacial score (nSPS) is 13.2. The van der Waals surface area contributed by atoms with Gasteiger partial charge < -0.3 is 4.57 Å². The number of rotatable bonds is 5. The molecule has 1 aromatic heterocycles. The first-order valence-corrected chi connectivity index (χ1v) is 5.26. The van der Waals surface area contributed by atoms with E-state index in [1.807, 2.05) is 12.5 Å². The molecule has 0 spiro atoms. The highest BCUT2D eigenvalue weighted by Gasteiger charge is 2.04. The van der Waals surface area contributed by atoms with Gasteiger partial charge in [-0.1, -0.05) is 27.2 Å². The quantitative estimate of drug-likeness (QED) is 0.681. The zero-order valence-electron chi connectivity index (χ0n) is 8.95. The van der Waals surface area contributed by atoms with Crippen LogP contribution in [0.5, 0.6) is 0 Å². The molecule has 0 aliphatic rings. The minimum absolute atomic E-state index is 0.768. The molecule has 1 rings (SSSR count). The Morgan fingerprint density at radius 1 is 1.46 bits per heavy atom. The maximum absolute atomic E-state index is 4.17. The van der Waals surface area contributed by atoms with Crippen molar-refractivity contribution in [2.45, 2.75) is 46.6 Å². The van der Waals surface area contributed by atoms with Gasteiger partial charge in [-0.25, -0.2) is 4.98 Å². The summed E-state index contributed by atoms with van der Waals surface area (Å²) < 4.78 is 2.28. The van der Waals surface area contributed by atoms with Crippen LogP contribution in [0.3, 0.4) is 0 Å². The minimum Gasteiger partial charge on any atom is -0.334 e. The lowest BCUT2D eigenvalue weighted by Crippen LogP contribution is -2.08. The molecule has 0 amide bonds. The van der Waals surface area contributed by atoms with E-state index in [9.17, 15) is 0 Å². The molecule has 13 heavy (non-hydrogen) atoms. The zero-order chi connectivity index (χ0) is 9.68. The Morgan fingerprint density at radius 3 is 2.85 bits per heavy atom. The standard InChI is InChI=1S/C11H20N2/c1-4-6-10(3)8-13-9-12-7-11(13)5-2/h7,9-10H,4-6,8H2,1-3H3. The molecule has 1 aromatic rings. The Labute approximate surface area is 81.0 Å². The molecular formula is C11H20N2. The SMILES string of the molecule is CCCC(C)Cn1cncc1CC. The fourth-order valence-electron chi connectivity index (χ4n) is 1.73. The van der Waals surface area contributed by atoms with Gasteiger partial charge >= 0.3 is 0 Å². The summed E-state index contributed by atoms with van der Waals surface area (Å²) in [5.41, 5.74) is 1.35. The fraction of sp³-hybridized carbons (Fsp3) is 0.727. The molecule has 0 N–H and O–H groups in total. The van der Waals surface area contributed by atoms with Gasteiger partial charge in [0.05, 0.1) is 6.33 Å². The average molecular weight is 180 g/mol. The summed E-state index contributed by atoms with van der Waals surface area (Å²) in [5.74, 6) is 0.768. The van der Waals surface area contributed by atoms with E-state index in [1.54, 1.807) is 0 Å².